The summed E-state index contributed by atoms with van der Waals surface area (Å²) in [5.41, 5.74) is 6.82. The summed E-state index contributed by atoms with van der Waals surface area (Å²) < 4.78 is 19.5. The standard InChI is InChI=1S/C17H16BrFN2O3S/c18-9-5-6-12(11(19)7-9)24-8-14(22)21-17-15(16(20)23)10-3-1-2-4-13(10)25-17/h5-7H,1-4,8H2,(H2,20,23)(H,21,22). The van der Waals surface area contributed by atoms with Crippen LogP contribution in [0.1, 0.15) is 33.6 Å². The van der Waals surface area contributed by atoms with E-state index in [1.54, 1.807) is 6.07 Å². The summed E-state index contributed by atoms with van der Waals surface area (Å²) in [7, 11) is 0. The largest absolute Gasteiger partial charge is 0.481 e. The summed E-state index contributed by atoms with van der Waals surface area (Å²) in [5.74, 6) is -1.59. The number of hydrogen-bond donors (Lipinski definition) is 2. The molecule has 25 heavy (non-hydrogen) atoms. The summed E-state index contributed by atoms with van der Waals surface area (Å²) in [4.78, 5) is 25.0. The highest BCUT2D eigenvalue weighted by molar-refractivity contribution is 9.10. The number of halogens is 2. The van der Waals surface area contributed by atoms with Crippen LogP contribution in [0, 0.1) is 5.82 Å². The molecule has 3 N–H and O–H groups in total. The number of anilines is 1. The molecule has 1 aliphatic rings. The van der Waals surface area contributed by atoms with Crippen molar-refractivity contribution in [1.82, 2.24) is 0 Å². The smallest absolute Gasteiger partial charge is 0.262 e. The Kier molecular flexibility index (Phi) is 5.39. The summed E-state index contributed by atoms with van der Waals surface area (Å²) in [6.45, 7) is -0.362. The quantitative estimate of drug-likeness (QED) is 0.765. The van der Waals surface area contributed by atoms with Crippen LogP contribution in [0.3, 0.4) is 0 Å². The van der Waals surface area contributed by atoms with E-state index in [0.29, 0.717) is 15.0 Å². The van der Waals surface area contributed by atoms with Gasteiger partial charge in [-0.15, -0.1) is 11.3 Å². The number of nitrogens with one attached hydrogen (secondary N) is 1. The third-order valence-electron chi connectivity index (χ3n) is 3.92. The number of aryl methyl sites for hydroxylation is 1. The SMILES string of the molecule is NC(=O)c1c(NC(=O)COc2ccc(Br)cc2F)sc2c1CCCC2. The van der Waals surface area contributed by atoms with Crippen LogP contribution in [0.2, 0.25) is 0 Å². The average Bonchev–Trinajstić information content (AvgIpc) is 2.91. The molecule has 1 aliphatic carbocycles. The summed E-state index contributed by atoms with van der Waals surface area (Å²) in [5, 5.41) is 3.12. The van der Waals surface area contributed by atoms with E-state index in [-0.39, 0.29) is 12.4 Å². The van der Waals surface area contributed by atoms with E-state index in [2.05, 4.69) is 21.2 Å². The first-order valence-corrected chi connectivity index (χ1v) is 9.38. The average molecular weight is 427 g/mol. The molecule has 1 heterocycles. The van der Waals surface area contributed by atoms with Crippen molar-refractivity contribution in [1.29, 1.82) is 0 Å². The predicted octanol–water partition coefficient (Wildman–Crippen LogP) is 3.64. The van der Waals surface area contributed by atoms with Crippen molar-refractivity contribution < 1.29 is 18.7 Å². The number of thiophene rings is 1. The molecule has 0 aliphatic heterocycles. The number of amides is 2. The minimum Gasteiger partial charge on any atom is -0.481 e. The minimum absolute atomic E-state index is 0.0149. The van der Waals surface area contributed by atoms with Gasteiger partial charge in [-0.2, -0.15) is 0 Å². The summed E-state index contributed by atoms with van der Waals surface area (Å²) in [6.07, 6.45) is 3.74. The molecule has 0 fully saturated rings. The molecular weight excluding hydrogens is 411 g/mol. The van der Waals surface area contributed by atoms with Gasteiger partial charge in [0, 0.05) is 9.35 Å². The fraction of sp³-hybridized carbons (Fsp3) is 0.294. The van der Waals surface area contributed by atoms with Crippen LogP contribution in [0.4, 0.5) is 9.39 Å². The van der Waals surface area contributed by atoms with Crippen molar-refractivity contribution in [2.24, 2.45) is 5.73 Å². The Hall–Kier alpha value is -1.93. The second kappa shape index (κ2) is 7.53. The van der Waals surface area contributed by atoms with E-state index in [1.807, 2.05) is 0 Å². The number of fused-ring (bicyclic) bond motifs is 1. The van der Waals surface area contributed by atoms with Gasteiger partial charge in [-0.1, -0.05) is 15.9 Å². The van der Waals surface area contributed by atoms with Crippen molar-refractivity contribution in [3.8, 4) is 5.75 Å². The van der Waals surface area contributed by atoms with E-state index >= 15 is 0 Å². The zero-order valence-electron chi connectivity index (χ0n) is 13.2. The number of carbonyl (C=O) groups excluding carboxylic acids is 2. The highest BCUT2D eigenvalue weighted by Gasteiger charge is 2.25. The van der Waals surface area contributed by atoms with Gasteiger partial charge in [0.05, 0.1) is 5.56 Å². The number of carbonyl (C=O) groups is 2. The van der Waals surface area contributed by atoms with Crippen LogP contribution < -0.4 is 15.8 Å². The van der Waals surface area contributed by atoms with Crippen molar-refractivity contribution in [2.75, 3.05) is 11.9 Å². The van der Waals surface area contributed by atoms with Crippen LogP contribution in [-0.2, 0) is 17.6 Å². The van der Waals surface area contributed by atoms with Gasteiger partial charge in [-0.3, -0.25) is 9.59 Å². The number of rotatable bonds is 5. The molecule has 132 valence electrons. The highest BCUT2D eigenvalue weighted by atomic mass is 79.9. The third-order valence-corrected chi connectivity index (χ3v) is 5.62. The molecule has 0 unspecified atom stereocenters. The first-order chi connectivity index (χ1) is 12.0. The number of nitrogens with two attached hydrogens (primary N) is 1. The molecule has 0 atom stereocenters. The number of benzene rings is 1. The fourth-order valence-electron chi connectivity index (χ4n) is 2.81. The molecule has 0 radical (unpaired) electrons. The van der Waals surface area contributed by atoms with Crippen molar-refractivity contribution >= 4 is 44.1 Å². The lowest BCUT2D eigenvalue weighted by atomic mass is 9.95. The Balaban J connectivity index is 1.70. The predicted molar refractivity (Wildman–Crippen MR) is 97.7 cm³/mol. The molecule has 5 nitrogen and oxygen atoms in total. The Morgan fingerprint density at radius 3 is 2.80 bits per heavy atom. The van der Waals surface area contributed by atoms with Crippen molar-refractivity contribution in [2.45, 2.75) is 25.7 Å². The van der Waals surface area contributed by atoms with Crippen LogP contribution in [0.25, 0.3) is 0 Å². The molecule has 3 rings (SSSR count). The molecular formula is C17H16BrFN2O3S. The van der Waals surface area contributed by atoms with E-state index in [9.17, 15) is 14.0 Å². The molecule has 0 bridgehead atoms. The zero-order valence-corrected chi connectivity index (χ0v) is 15.6. The maximum atomic E-state index is 13.7. The molecule has 1 aromatic carbocycles. The van der Waals surface area contributed by atoms with Crippen LogP contribution in [0.5, 0.6) is 5.75 Å². The summed E-state index contributed by atoms with van der Waals surface area (Å²) >= 11 is 4.53. The van der Waals surface area contributed by atoms with Gasteiger partial charge < -0.3 is 15.8 Å². The normalized spacial score (nSPS) is 13.2. The van der Waals surface area contributed by atoms with Gasteiger partial charge in [0.25, 0.3) is 11.8 Å². The topological polar surface area (TPSA) is 81.4 Å². The van der Waals surface area contributed by atoms with Gasteiger partial charge in [-0.25, -0.2) is 4.39 Å². The van der Waals surface area contributed by atoms with Gasteiger partial charge in [0.2, 0.25) is 0 Å². The number of hydrogen-bond acceptors (Lipinski definition) is 4. The molecule has 0 spiro atoms. The van der Waals surface area contributed by atoms with Crippen LogP contribution >= 0.6 is 27.3 Å². The number of primary amides is 1. The molecule has 0 saturated carbocycles. The van der Waals surface area contributed by atoms with Gasteiger partial charge in [0.15, 0.2) is 18.2 Å². The second-order valence-electron chi connectivity index (χ2n) is 5.69. The monoisotopic (exact) mass is 426 g/mol. The lowest BCUT2D eigenvalue weighted by molar-refractivity contribution is -0.118. The Bertz CT molecular complexity index is 838. The van der Waals surface area contributed by atoms with E-state index < -0.39 is 17.6 Å². The first kappa shape index (κ1) is 17.9. The second-order valence-corrected chi connectivity index (χ2v) is 7.71. The molecule has 2 aromatic rings. The molecule has 8 heteroatoms. The van der Waals surface area contributed by atoms with Gasteiger partial charge in [-0.05, 0) is 49.4 Å². The van der Waals surface area contributed by atoms with E-state index in [1.165, 1.54) is 23.5 Å². The molecule has 1 aromatic heterocycles. The zero-order chi connectivity index (χ0) is 18.0. The maximum absolute atomic E-state index is 13.7. The Morgan fingerprint density at radius 1 is 1.32 bits per heavy atom. The van der Waals surface area contributed by atoms with Crippen molar-refractivity contribution in [3.63, 3.8) is 0 Å². The molecule has 0 saturated heterocycles. The maximum Gasteiger partial charge on any atom is 0.262 e. The lowest BCUT2D eigenvalue weighted by Crippen LogP contribution is -2.22. The lowest BCUT2D eigenvalue weighted by Gasteiger charge is -2.11. The highest BCUT2D eigenvalue weighted by Crippen LogP contribution is 2.37. The van der Waals surface area contributed by atoms with Crippen molar-refractivity contribution in [3.05, 3.63) is 44.5 Å². The fourth-order valence-corrected chi connectivity index (χ4v) is 4.46. The van der Waals surface area contributed by atoms with Gasteiger partial charge in [0.1, 0.15) is 5.00 Å². The Labute approximate surface area is 156 Å². The number of ether oxygens (including phenoxy) is 1. The third kappa shape index (κ3) is 4.01. The van der Waals surface area contributed by atoms with E-state index in [4.69, 9.17) is 10.5 Å². The Morgan fingerprint density at radius 2 is 2.08 bits per heavy atom. The van der Waals surface area contributed by atoms with Crippen LogP contribution in [0.15, 0.2) is 22.7 Å². The van der Waals surface area contributed by atoms with Crippen LogP contribution in [-0.4, -0.2) is 18.4 Å². The molecule has 2 amide bonds. The summed E-state index contributed by atoms with van der Waals surface area (Å²) in [6, 6.07) is 4.31. The minimum atomic E-state index is -0.563. The van der Waals surface area contributed by atoms with Gasteiger partial charge >= 0.3 is 0 Å². The first-order valence-electron chi connectivity index (χ1n) is 7.77. The van der Waals surface area contributed by atoms with E-state index in [0.717, 1.165) is 36.1 Å².